The minimum absolute atomic E-state index is 0.220. The molecule has 0 bridgehead atoms. The van der Waals surface area contributed by atoms with Crippen molar-refractivity contribution in [2.45, 2.75) is 38.8 Å². The molecule has 0 radical (unpaired) electrons. The van der Waals surface area contributed by atoms with E-state index in [9.17, 15) is 9.59 Å². The van der Waals surface area contributed by atoms with Crippen molar-refractivity contribution < 1.29 is 19.1 Å². The number of nitrogens with two attached hydrogens (primary N) is 1. The number of rotatable bonds is 5. The zero-order valence-electron chi connectivity index (χ0n) is 10.3. The van der Waals surface area contributed by atoms with Gasteiger partial charge in [0, 0.05) is 6.42 Å². The molecule has 0 aliphatic carbocycles. The van der Waals surface area contributed by atoms with Crippen molar-refractivity contribution in [1.82, 2.24) is 5.32 Å². The molecule has 0 unspecified atom stereocenters. The number of ether oxygens (including phenoxy) is 2. The van der Waals surface area contributed by atoms with Crippen molar-refractivity contribution in [3.8, 4) is 0 Å². The first kappa shape index (κ1) is 13.8. The lowest BCUT2D eigenvalue weighted by Gasteiger charge is -2.18. The zero-order valence-corrected chi connectivity index (χ0v) is 10.3. The summed E-state index contributed by atoms with van der Waals surface area (Å²) in [4.78, 5) is 22.6. The maximum atomic E-state index is 11.5. The molecule has 0 spiro atoms. The van der Waals surface area contributed by atoms with Crippen LogP contribution in [0.2, 0.25) is 0 Å². The van der Waals surface area contributed by atoms with Gasteiger partial charge in [-0.3, -0.25) is 4.79 Å². The van der Waals surface area contributed by atoms with Gasteiger partial charge in [0.15, 0.2) is 0 Å². The summed E-state index contributed by atoms with van der Waals surface area (Å²) in [6, 6.07) is -0.676. The summed E-state index contributed by atoms with van der Waals surface area (Å²) in [6.07, 6.45) is 0.372. The lowest BCUT2D eigenvalue weighted by Crippen LogP contribution is -2.46. The lowest BCUT2D eigenvalue weighted by molar-refractivity contribution is -0.120. The molecule has 6 nitrogen and oxygen atoms in total. The van der Waals surface area contributed by atoms with E-state index in [2.05, 4.69) is 5.32 Å². The van der Waals surface area contributed by atoms with Crippen LogP contribution in [-0.4, -0.2) is 37.4 Å². The second kappa shape index (κ2) is 6.44. The summed E-state index contributed by atoms with van der Waals surface area (Å²) < 4.78 is 10.2. The van der Waals surface area contributed by atoms with Crippen LogP contribution in [0.5, 0.6) is 0 Å². The fourth-order valence-corrected chi connectivity index (χ4v) is 1.65. The number of alkyl carbamates (subject to hydrolysis) is 1. The van der Waals surface area contributed by atoms with Crippen molar-refractivity contribution in [2.24, 2.45) is 11.7 Å². The maximum Gasteiger partial charge on any atom is 0.408 e. The number of primary amides is 1. The molecule has 17 heavy (non-hydrogen) atoms. The van der Waals surface area contributed by atoms with E-state index in [0.717, 1.165) is 0 Å². The van der Waals surface area contributed by atoms with Gasteiger partial charge in [0.1, 0.15) is 12.1 Å². The molecule has 1 rings (SSSR count). The van der Waals surface area contributed by atoms with Crippen LogP contribution in [0.15, 0.2) is 0 Å². The van der Waals surface area contributed by atoms with Crippen molar-refractivity contribution >= 4 is 12.0 Å². The predicted molar refractivity (Wildman–Crippen MR) is 61.3 cm³/mol. The van der Waals surface area contributed by atoms with Crippen LogP contribution in [0.3, 0.4) is 0 Å². The topological polar surface area (TPSA) is 90.7 Å². The van der Waals surface area contributed by atoms with E-state index in [0.29, 0.717) is 26.1 Å². The zero-order chi connectivity index (χ0) is 12.8. The van der Waals surface area contributed by atoms with Crippen LogP contribution in [0.1, 0.15) is 26.7 Å². The van der Waals surface area contributed by atoms with Gasteiger partial charge in [0.25, 0.3) is 0 Å². The highest BCUT2D eigenvalue weighted by molar-refractivity contribution is 5.84. The summed E-state index contributed by atoms with van der Waals surface area (Å²) in [6.45, 7) is 4.92. The molecule has 0 aromatic carbocycles. The quantitative estimate of drug-likeness (QED) is 0.732. The first-order chi connectivity index (χ1) is 7.99. The molecule has 98 valence electrons. The lowest BCUT2D eigenvalue weighted by atomic mass is 10.0. The number of hydrogen-bond donors (Lipinski definition) is 2. The van der Waals surface area contributed by atoms with E-state index < -0.39 is 18.0 Å². The van der Waals surface area contributed by atoms with Gasteiger partial charge in [0.05, 0.1) is 13.2 Å². The normalized spacial score (nSPS) is 21.2. The van der Waals surface area contributed by atoms with Crippen LogP contribution in [0.4, 0.5) is 4.79 Å². The van der Waals surface area contributed by atoms with Crippen molar-refractivity contribution in [1.29, 1.82) is 0 Å². The molecular weight excluding hydrogens is 224 g/mol. The molecule has 0 aromatic rings. The second-order valence-electron chi connectivity index (χ2n) is 4.62. The Kier molecular flexibility index (Phi) is 5.21. The Morgan fingerprint density at radius 2 is 2.24 bits per heavy atom. The predicted octanol–water partition coefficient (Wildman–Crippen LogP) is 0.401. The molecule has 2 amide bonds. The molecule has 1 saturated heterocycles. The third-order valence-electron chi connectivity index (χ3n) is 2.50. The number of carbonyl (C=O) groups is 2. The third kappa shape index (κ3) is 5.04. The first-order valence-corrected chi connectivity index (χ1v) is 5.83. The van der Waals surface area contributed by atoms with Crippen molar-refractivity contribution in [2.75, 3.05) is 13.2 Å². The number of hydrogen-bond acceptors (Lipinski definition) is 4. The van der Waals surface area contributed by atoms with Gasteiger partial charge in [0.2, 0.25) is 5.91 Å². The molecular formula is C11H20N2O4. The van der Waals surface area contributed by atoms with E-state index >= 15 is 0 Å². The third-order valence-corrected chi connectivity index (χ3v) is 2.50. The molecule has 1 fully saturated rings. The van der Waals surface area contributed by atoms with Gasteiger partial charge in [-0.05, 0) is 12.3 Å². The molecule has 1 aliphatic rings. The summed E-state index contributed by atoms with van der Waals surface area (Å²) in [5.74, 6) is -0.277. The van der Waals surface area contributed by atoms with Gasteiger partial charge in [-0.25, -0.2) is 4.79 Å². The molecule has 6 heteroatoms. The summed E-state index contributed by atoms with van der Waals surface area (Å²) in [5.41, 5.74) is 5.21. The molecule has 2 atom stereocenters. The average molecular weight is 244 g/mol. The summed E-state index contributed by atoms with van der Waals surface area (Å²) in [7, 11) is 0. The van der Waals surface area contributed by atoms with Gasteiger partial charge >= 0.3 is 6.09 Å². The Labute approximate surface area is 101 Å². The van der Waals surface area contributed by atoms with Gasteiger partial charge in [-0.1, -0.05) is 13.8 Å². The largest absolute Gasteiger partial charge is 0.444 e. The minimum atomic E-state index is -0.676. The van der Waals surface area contributed by atoms with E-state index in [1.807, 2.05) is 13.8 Å². The molecule has 0 saturated carbocycles. The SMILES string of the molecule is CC(C)C[C@@H](NC(=O)O[C@H]1CCOC1)C(N)=O. The number of amides is 2. The summed E-state index contributed by atoms with van der Waals surface area (Å²) >= 11 is 0. The smallest absolute Gasteiger partial charge is 0.408 e. The standard InChI is InChI=1S/C11H20N2O4/c1-7(2)5-9(10(12)14)13-11(15)17-8-3-4-16-6-8/h7-9H,3-6H2,1-2H3,(H2,12,14)(H,13,15)/t8-,9+/m0/s1. The summed E-state index contributed by atoms with van der Waals surface area (Å²) in [5, 5.41) is 2.48. The molecule has 0 aromatic heterocycles. The number of nitrogens with one attached hydrogen (secondary N) is 1. The Morgan fingerprint density at radius 3 is 2.71 bits per heavy atom. The highest BCUT2D eigenvalue weighted by atomic mass is 16.6. The van der Waals surface area contributed by atoms with Crippen LogP contribution >= 0.6 is 0 Å². The molecule has 1 heterocycles. The fourth-order valence-electron chi connectivity index (χ4n) is 1.65. The maximum absolute atomic E-state index is 11.5. The Balaban J connectivity index is 2.37. The Hall–Kier alpha value is -1.30. The molecule has 1 aliphatic heterocycles. The van der Waals surface area contributed by atoms with E-state index in [1.165, 1.54) is 0 Å². The highest BCUT2D eigenvalue weighted by Gasteiger charge is 2.24. The molecule has 3 N–H and O–H groups in total. The first-order valence-electron chi connectivity index (χ1n) is 5.83. The monoisotopic (exact) mass is 244 g/mol. The highest BCUT2D eigenvalue weighted by Crippen LogP contribution is 2.09. The second-order valence-corrected chi connectivity index (χ2v) is 4.62. The van der Waals surface area contributed by atoms with Gasteiger partial charge < -0.3 is 20.5 Å². The van der Waals surface area contributed by atoms with Crippen LogP contribution in [0, 0.1) is 5.92 Å². The fraction of sp³-hybridized carbons (Fsp3) is 0.818. The minimum Gasteiger partial charge on any atom is -0.444 e. The van der Waals surface area contributed by atoms with Gasteiger partial charge in [-0.2, -0.15) is 0 Å². The van der Waals surface area contributed by atoms with Gasteiger partial charge in [-0.15, -0.1) is 0 Å². The van der Waals surface area contributed by atoms with Crippen molar-refractivity contribution in [3.05, 3.63) is 0 Å². The van der Waals surface area contributed by atoms with E-state index in [1.54, 1.807) is 0 Å². The van der Waals surface area contributed by atoms with Crippen LogP contribution in [-0.2, 0) is 14.3 Å². The Morgan fingerprint density at radius 1 is 1.53 bits per heavy atom. The Bertz CT molecular complexity index is 275. The van der Waals surface area contributed by atoms with Crippen molar-refractivity contribution in [3.63, 3.8) is 0 Å². The van der Waals surface area contributed by atoms with Crippen LogP contribution < -0.4 is 11.1 Å². The van der Waals surface area contributed by atoms with E-state index in [-0.39, 0.29) is 12.0 Å². The van der Waals surface area contributed by atoms with Crippen LogP contribution in [0.25, 0.3) is 0 Å². The number of carbonyl (C=O) groups excluding carboxylic acids is 2. The average Bonchev–Trinajstić information content (AvgIpc) is 2.68. The van der Waals surface area contributed by atoms with E-state index in [4.69, 9.17) is 15.2 Å².